The van der Waals surface area contributed by atoms with E-state index in [2.05, 4.69) is 15.9 Å². The zero-order valence-corrected chi connectivity index (χ0v) is 13.8. The number of likely N-dealkylation sites (tertiary alicyclic amines) is 1. The van der Waals surface area contributed by atoms with Crippen molar-refractivity contribution in [2.24, 2.45) is 11.7 Å². The summed E-state index contributed by atoms with van der Waals surface area (Å²) in [5.74, 6) is -0.709. The van der Waals surface area contributed by atoms with Crippen LogP contribution in [0.4, 0.5) is 5.69 Å². The standard InChI is InChI=1S/C15H20BrN3O2/c1-8-3-4-10(14(18)20)7-19(8)15(21)12-5-11(16)6-13(17)9(12)2/h5-6,8,10H,3-4,7,17H2,1-2H3,(H2,18,20). The van der Waals surface area contributed by atoms with Crippen molar-refractivity contribution in [3.05, 3.63) is 27.7 Å². The molecule has 1 aliphatic heterocycles. The van der Waals surface area contributed by atoms with Crippen molar-refractivity contribution < 1.29 is 9.59 Å². The number of carbonyl (C=O) groups excluding carboxylic acids is 2. The van der Waals surface area contributed by atoms with E-state index in [-0.39, 0.29) is 23.8 Å². The predicted molar refractivity (Wildman–Crippen MR) is 85.7 cm³/mol. The summed E-state index contributed by atoms with van der Waals surface area (Å²) in [4.78, 5) is 25.9. The van der Waals surface area contributed by atoms with E-state index < -0.39 is 0 Å². The Morgan fingerprint density at radius 3 is 2.62 bits per heavy atom. The summed E-state index contributed by atoms with van der Waals surface area (Å²) in [5, 5.41) is 0. The van der Waals surface area contributed by atoms with Gasteiger partial charge in [-0.2, -0.15) is 0 Å². The summed E-state index contributed by atoms with van der Waals surface area (Å²) in [5.41, 5.74) is 13.2. The van der Waals surface area contributed by atoms with E-state index >= 15 is 0 Å². The second kappa shape index (κ2) is 6.05. The molecule has 2 amide bonds. The van der Waals surface area contributed by atoms with Gasteiger partial charge in [-0.1, -0.05) is 15.9 Å². The maximum atomic E-state index is 12.8. The van der Waals surface area contributed by atoms with Crippen LogP contribution in [0.25, 0.3) is 0 Å². The Hall–Kier alpha value is -1.56. The summed E-state index contributed by atoms with van der Waals surface area (Å²) in [7, 11) is 0. The van der Waals surface area contributed by atoms with Crippen molar-refractivity contribution in [3.63, 3.8) is 0 Å². The Morgan fingerprint density at radius 1 is 1.33 bits per heavy atom. The van der Waals surface area contributed by atoms with E-state index in [1.165, 1.54) is 0 Å². The van der Waals surface area contributed by atoms with E-state index in [4.69, 9.17) is 11.5 Å². The Balaban J connectivity index is 2.32. The van der Waals surface area contributed by atoms with Gasteiger partial charge in [0.2, 0.25) is 5.91 Å². The highest BCUT2D eigenvalue weighted by Crippen LogP contribution is 2.28. The molecule has 6 heteroatoms. The lowest BCUT2D eigenvalue weighted by molar-refractivity contribution is -0.123. The number of rotatable bonds is 2. The van der Waals surface area contributed by atoms with Crippen molar-refractivity contribution in [2.75, 3.05) is 12.3 Å². The van der Waals surface area contributed by atoms with Crippen LogP contribution in [0.2, 0.25) is 0 Å². The molecule has 21 heavy (non-hydrogen) atoms. The molecule has 1 aliphatic rings. The molecule has 1 aromatic rings. The zero-order valence-electron chi connectivity index (χ0n) is 12.2. The number of hydrogen-bond acceptors (Lipinski definition) is 3. The third kappa shape index (κ3) is 3.20. The van der Waals surface area contributed by atoms with Gasteiger partial charge in [0, 0.05) is 28.3 Å². The quantitative estimate of drug-likeness (QED) is 0.797. The molecule has 4 N–H and O–H groups in total. The van der Waals surface area contributed by atoms with Crippen LogP contribution in [0.5, 0.6) is 0 Å². The summed E-state index contributed by atoms with van der Waals surface area (Å²) < 4.78 is 0.769. The van der Waals surface area contributed by atoms with Crippen molar-refractivity contribution in [3.8, 4) is 0 Å². The Bertz CT molecular complexity index is 589. The molecule has 0 spiro atoms. The molecule has 0 radical (unpaired) electrons. The number of benzene rings is 1. The number of nitrogens with two attached hydrogens (primary N) is 2. The van der Waals surface area contributed by atoms with Crippen molar-refractivity contribution in [1.29, 1.82) is 0 Å². The minimum Gasteiger partial charge on any atom is -0.398 e. The molecule has 1 aromatic carbocycles. The number of anilines is 1. The van der Waals surface area contributed by atoms with E-state index in [0.717, 1.165) is 22.9 Å². The maximum absolute atomic E-state index is 12.8. The maximum Gasteiger partial charge on any atom is 0.254 e. The van der Waals surface area contributed by atoms with Gasteiger partial charge in [-0.05, 0) is 44.4 Å². The summed E-state index contributed by atoms with van der Waals surface area (Å²) >= 11 is 3.36. The van der Waals surface area contributed by atoms with Crippen LogP contribution in [0.1, 0.15) is 35.7 Å². The zero-order chi connectivity index (χ0) is 15.7. The summed E-state index contributed by atoms with van der Waals surface area (Å²) in [6, 6.07) is 3.64. The third-order valence-corrected chi connectivity index (χ3v) is 4.65. The van der Waals surface area contributed by atoms with Crippen LogP contribution < -0.4 is 11.5 Å². The fourth-order valence-corrected chi connectivity index (χ4v) is 3.17. The van der Waals surface area contributed by atoms with Gasteiger partial charge in [0.25, 0.3) is 5.91 Å². The number of nitrogen functional groups attached to an aromatic ring is 1. The van der Waals surface area contributed by atoms with E-state index in [1.807, 2.05) is 13.8 Å². The molecule has 0 bridgehead atoms. The number of hydrogen-bond donors (Lipinski definition) is 2. The predicted octanol–water partition coefficient (Wildman–Crippen LogP) is 2.07. The van der Waals surface area contributed by atoms with Crippen LogP contribution in [-0.4, -0.2) is 29.3 Å². The van der Waals surface area contributed by atoms with Gasteiger partial charge in [0.05, 0.1) is 5.92 Å². The monoisotopic (exact) mass is 353 g/mol. The first-order valence-electron chi connectivity index (χ1n) is 6.97. The average molecular weight is 354 g/mol. The largest absolute Gasteiger partial charge is 0.398 e. The Kier molecular flexibility index (Phi) is 4.56. The topological polar surface area (TPSA) is 89.4 Å². The number of primary amides is 1. The molecule has 2 unspecified atom stereocenters. The number of halogens is 1. The first kappa shape index (κ1) is 15.8. The summed E-state index contributed by atoms with van der Waals surface area (Å²) in [6.07, 6.45) is 1.52. The van der Waals surface area contributed by atoms with E-state index in [9.17, 15) is 9.59 Å². The second-order valence-electron chi connectivity index (χ2n) is 5.65. The molecule has 1 heterocycles. The van der Waals surface area contributed by atoms with Crippen LogP contribution in [0, 0.1) is 12.8 Å². The Labute approximate surface area is 132 Å². The van der Waals surface area contributed by atoms with Gasteiger partial charge < -0.3 is 16.4 Å². The fraction of sp³-hybridized carbons (Fsp3) is 0.467. The molecule has 0 aliphatic carbocycles. The fourth-order valence-electron chi connectivity index (χ4n) is 2.70. The molecule has 114 valence electrons. The van der Waals surface area contributed by atoms with Gasteiger partial charge in [-0.25, -0.2) is 0 Å². The number of piperidine rings is 1. The number of nitrogens with zero attached hydrogens (tertiary/aromatic N) is 1. The van der Waals surface area contributed by atoms with E-state index in [1.54, 1.807) is 17.0 Å². The molecule has 0 saturated carbocycles. The van der Waals surface area contributed by atoms with Gasteiger partial charge in [0.15, 0.2) is 0 Å². The lowest BCUT2D eigenvalue weighted by Crippen LogP contribution is -2.48. The van der Waals surface area contributed by atoms with Crippen molar-refractivity contribution >= 4 is 33.4 Å². The van der Waals surface area contributed by atoms with Crippen LogP contribution >= 0.6 is 15.9 Å². The highest BCUT2D eigenvalue weighted by molar-refractivity contribution is 9.10. The molecular weight excluding hydrogens is 334 g/mol. The number of amides is 2. The lowest BCUT2D eigenvalue weighted by Gasteiger charge is -2.37. The van der Waals surface area contributed by atoms with Crippen LogP contribution in [0.3, 0.4) is 0 Å². The molecule has 0 aromatic heterocycles. The smallest absolute Gasteiger partial charge is 0.254 e. The van der Waals surface area contributed by atoms with Gasteiger partial charge in [0.1, 0.15) is 0 Å². The minimum absolute atomic E-state index is 0.0905. The Morgan fingerprint density at radius 2 is 2.00 bits per heavy atom. The molecule has 2 atom stereocenters. The lowest BCUT2D eigenvalue weighted by atomic mass is 9.92. The average Bonchev–Trinajstić information content (AvgIpc) is 2.42. The minimum atomic E-state index is -0.342. The normalized spacial score (nSPS) is 22.1. The third-order valence-electron chi connectivity index (χ3n) is 4.19. The highest BCUT2D eigenvalue weighted by atomic mass is 79.9. The highest BCUT2D eigenvalue weighted by Gasteiger charge is 2.32. The molecule has 5 nitrogen and oxygen atoms in total. The van der Waals surface area contributed by atoms with Crippen LogP contribution in [-0.2, 0) is 4.79 Å². The first-order valence-corrected chi connectivity index (χ1v) is 7.76. The second-order valence-corrected chi connectivity index (χ2v) is 6.57. The molecule has 1 saturated heterocycles. The van der Waals surface area contributed by atoms with Crippen molar-refractivity contribution in [1.82, 2.24) is 4.90 Å². The van der Waals surface area contributed by atoms with Gasteiger partial charge in [-0.3, -0.25) is 9.59 Å². The molecule has 1 fully saturated rings. The first-order chi connectivity index (χ1) is 9.81. The number of carbonyl (C=O) groups is 2. The molecule has 2 rings (SSSR count). The molecular formula is C15H20BrN3O2. The van der Waals surface area contributed by atoms with E-state index in [0.29, 0.717) is 17.8 Å². The van der Waals surface area contributed by atoms with Crippen LogP contribution in [0.15, 0.2) is 16.6 Å². The van der Waals surface area contributed by atoms with Crippen molar-refractivity contribution in [2.45, 2.75) is 32.7 Å². The van der Waals surface area contributed by atoms with Gasteiger partial charge in [-0.15, -0.1) is 0 Å². The SMILES string of the molecule is Cc1c(N)cc(Br)cc1C(=O)N1CC(C(N)=O)CCC1C. The van der Waals surface area contributed by atoms with Gasteiger partial charge >= 0.3 is 0 Å². The summed E-state index contributed by atoms with van der Waals surface area (Å²) in [6.45, 7) is 4.20.